The van der Waals surface area contributed by atoms with Crippen LogP contribution in [0, 0.1) is 13.8 Å². The molecule has 0 radical (unpaired) electrons. The monoisotopic (exact) mass is 350 g/mol. The summed E-state index contributed by atoms with van der Waals surface area (Å²) in [5.41, 5.74) is 7.41. The molecule has 0 aliphatic rings. The molecule has 0 saturated carbocycles. The first kappa shape index (κ1) is 19.8. The Morgan fingerprint density at radius 2 is 1.62 bits per heavy atom. The summed E-state index contributed by atoms with van der Waals surface area (Å²) in [7, 11) is 0. The first-order valence-electron chi connectivity index (χ1n) is 9.20. The fraction of sp³-hybridized carbons (Fsp3) is 0.333. The van der Waals surface area contributed by atoms with Gasteiger partial charge in [-0.3, -0.25) is 0 Å². The van der Waals surface area contributed by atoms with Gasteiger partial charge in [-0.2, -0.15) is 0 Å². The van der Waals surface area contributed by atoms with Crippen LogP contribution in [-0.2, 0) is 6.42 Å². The Balaban J connectivity index is 2.22. The molecule has 0 unspecified atom stereocenters. The number of hydrogen-bond donors (Lipinski definition) is 2. The minimum atomic E-state index is 0.147. The number of benzene rings is 2. The fourth-order valence-electron chi connectivity index (χ4n) is 3.04. The molecule has 0 aliphatic heterocycles. The Bertz CT molecular complexity index is 814. The second-order valence-corrected chi connectivity index (χ2v) is 7.32. The minimum Gasteiger partial charge on any atom is -0.507 e. The maximum absolute atomic E-state index is 10.5. The van der Waals surface area contributed by atoms with Gasteiger partial charge in [-0.05, 0) is 88.3 Å². The molecule has 2 N–H and O–H groups in total. The molecule has 138 valence electrons. The van der Waals surface area contributed by atoms with Crippen LogP contribution in [0.25, 0.3) is 11.1 Å². The van der Waals surface area contributed by atoms with Crippen molar-refractivity contribution < 1.29 is 10.2 Å². The third-order valence-corrected chi connectivity index (χ3v) is 4.86. The molecule has 2 heteroatoms. The molecule has 0 bridgehead atoms. The molecule has 0 atom stereocenters. The van der Waals surface area contributed by atoms with E-state index in [9.17, 15) is 10.2 Å². The highest BCUT2D eigenvalue weighted by molar-refractivity contribution is 5.72. The lowest BCUT2D eigenvalue weighted by atomic mass is 9.94. The normalized spacial score (nSPS) is 11.5. The van der Waals surface area contributed by atoms with Crippen molar-refractivity contribution >= 4 is 0 Å². The van der Waals surface area contributed by atoms with Crippen LogP contribution < -0.4 is 0 Å². The van der Waals surface area contributed by atoms with Crippen LogP contribution in [0.5, 0.6) is 11.5 Å². The van der Waals surface area contributed by atoms with Crippen LogP contribution in [0.3, 0.4) is 0 Å². The van der Waals surface area contributed by atoms with Crippen molar-refractivity contribution in [2.75, 3.05) is 0 Å². The fourth-order valence-corrected chi connectivity index (χ4v) is 3.04. The van der Waals surface area contributed by atoms with Crippen molar-refractivity contribution in [3.63, 3.8) is 0 Å². The second-order valence-electron chi connectivity index (χ2n) is 7.32. The van der Waals surface area contributed by atoms with E-state index in [0.29, 0.717) is 12.0 Å². The van der Waals surface area contributed by atoms with Crippen molar-refractivity contribution in [1.82, 2.24) is 0 Å². The summed E-state index contributed by atoms with van der Waals surface area (Å²) in [5, 5.41) is 20.9. The van der Waals surface area contributed by atoms with Crippen molar-refractivity contribution in [1.29, 1.82) is 0 Å². The lowest BCUT2D eigenvalue weighted by Crippen LogP contribution is -1.91. The number of aromatic hydroxyl groups is 2. The molecule has 2 rings (SSSR count). The van der Waals surface area contributed by atoms with Gasteiger partial charge in [0.15, 0.2) is 0 Å². The molecular formula is C24H30O2. The number of allylic oxidation sites excluding steroid dienone is 4. The van der Waals surface area contributed by atoms with E-state index in [1.54, 1.807) is 12.1 Å². The molecule has 0 amide bonds. The number of hydrogen-bond acceptors (Lipinski definition) is 2. The molecule has 2 nitrogen and oxygen atoms in total. The summed E-state index contributed by atoms with van der Waals surface area (Å²) in [5.74, 6) is 0.295. The number of phenols is 2. The predicted octanol–water partition coefficient (Wildman–Crippen LogP) is 6.62. The van der Waals surface area contributed by atoms with Gasteiger partial charge in [-0.25, -0.2) is 0 Å². The molecular weight excluding hydrogens is 320 g/mol. The van der Waals surface area contributed by atoms with E-state index in [1.807, 2.05) is 12.1 Å². The highest BCUT2D eigenvalue weighted by atomic mass is 16.3. The summed E-state index contributed by atoms with van der Waals surface area (Å²) in [6.45, 7) is 10.4. The largest absolute Gasteiger partial charge is 0.507 e. The Morgan fingerprint density at radius 3 is 2.23 bits per heavy atom. The SMILES string of the molecule is CC(C)=CCC/C(C)=C/Cc1c(O)cc(-c2cccc(C)c2C)cc1O. The van der Waals surface area contributed by atoms with Crippen LogP contribution in [0.4, 0.5) is 0 Å². The third-order valence-electron chi connectivity index (χ3n) is 4.86. The molecule has 0 fully saturated rings. The number of aryl methyl sites for hydroxylation is 1. The van der Waals surface area contributed by atoms with E-state index in [4.69, 9.17) is 0 Å². The van der Waals surface area contributed by atoms with Crippen molar-refractivity contribution in [2.24, 2.45) is 0 Å². The van der Waals surface area contributed by atoms with Crippen molar-refractivity contribution in [3.8, 4) is 22.6 Å². The minimum absolute atomic E-state index is 0.147. The van der Waals surface area contributed by atoms with Crippen LogP contribution in [0.2, 0.25) is 0 Å². The van der Waals surface area contributed by atoms with Crippen LogP contribution in [0.1, 0.15) is 50.3 Å². The van der Waals surface area contributed by atoms with E-state index in [0.717, 1.165) is 29.5 Å². The molecule has 2 aromatic rings. The zero-order chi connectivity index (χ0) is 19.3. The van der Waals surface area contributed by atoms with Gasteiger partial charge in [0.05, 0.1) is 0 Å². The van der Waals surface area contributed by atoms with E-state index < -0.39 is 0 Å². The van der Waals surface area contributed by atoms with Crippen molar-refractivity contribution in [2.45, 2.75) is 53.9 Å². The highest BCUT2D eigenvalue weighted by Crippen LogP contribution is 2.36. The lowest BCUT2D eigenvalue weighted by molar-refractivity contribution is 0.441. The Morgan fingerprint density at radius 1 is 0.962 bits per heavy atom. The Kier molecular flexibility index (Phi) is 6.68. The standard InChI is InChI=1S/C24H30O2/c1-16(2)8-6-9-17(3)12-13-22-23(25)14-20(15-24(22)26)21-11-7-10-18(4)19(21)5/h7-8,10-12,14-15,25-26H,6,9,13H2,1-5H3/b17-12+. The van der Waals surface area contributed by atoms with Gasteiger partial charge < -0.3 is 10.2 Å². The first-order valence-corrected chi connectivity index (χ1v) is 9.20. The van der Waals surface area contributed by atoms with E-state index >= 15 is 0 Å². The van der Waals surface area contributed by atoms with Gasteiger partial charge in [-0.1, -0.05) is 41.5 Å². The lowest BCUT2D eigenvalue weighted by Gasteiger charge is -2.12. The summed E-state index contributed by atoms with van der Waals surface area (Å²) in [6.07, 6.45) is 6.86. The third kappa shape index (κ3) is 5.01. The van der Waals surface area contributed by atoms with Gasteiger partial charge >= 0.3 is 0 Å². The van der Waals surface area contributed by atoms with E-state index in [-0.39, 0.29) is 11.5 Å². The van der Waals surface area contributed by atoms with Crippen LogP contribution >= 0.6 is 0 Å². The van der Waals surface area contributed by atoms with Gasteiger partial charge in [0.2, 0.25) is 0 Å². The van der Waals surface area contributed by atoms with E-state index in [2.05, 4.69) is 52.8 Å². The van der Waals surface area contributed by atoms with Gasteiger partial charge in [0.1, 0.15) is 11.5 Å². The Hall–Kier alpha value is -2.48. The van der Waals surface area contributed by atoms with E-state index in [1.165, 1.54) is 16.7 Å². The maximum Gasteiger partial charge on any atom is 0.123 e. The molecule has 26 heavy (non-hydrogen) atoms. The molecule has 2 aromatic carbocycles. The maximum atomic E-state index is 10.5. The summed E-state index contributed by atoms with van der Waals surface area (Å²) in [6, 6.07) is 9.59. The van der Waals surface area contributed by atoms with Gasteiger partial charge in [-0.15, -0.1) is 0 Å². The second kappa shape index (κ2) is 8.75. The average Bonchev–Trinajstić information content (AvgIpc) is 2.56. The van der Waals surface area contributed by atoms with Crippen molar-refractivity contribution in [3.05, 3.63) is 70.3 Å². The quantitative estimate of drug-likeness (QED) is 0.575. The van der Waals surface area contributed by atoms with Crippen LogP contribution in [-0.4, -0.2) is 10.2 Å². The molecule has 0 saturated heterocycles. The zero-order valence-electron chi connectivity index (χ0n) is 16.6. The predicted molar refractivity (Wildman–Crippen MR) is 111 cm³/mol. The van der Waals surface area contributed by atoms with Crippen LogP contribution in [0.15, 0.2) is 53.6 Å². The number of phenolic OH excluding ortho intramolecular Hbond substituents is 2. The molecule has 0 spiro atoms. The smallest absolute Gasteiger partial charge is 0.123 e. The Labute approximate surface area is 157 Å². The summed E-state index contributed by atoms with van der Waals surface area (Å²) in [4.78, 5) is 0. The number of rotatable bonds is 6. The van der Waals surface area contributed by atoms with Gasteiger partial charge in [0, 0.05) is 5.56 Å². The molecule has 0 aromatic heterocycles. The zero-order valence-corrected chi connectivity index (χ0v) is 16.6. The topological polar surface area (TPSA) is 40.5 Å². The average molecular weight is 351 g/mol. The summed E-state index contributed by atoms with van der Waals surface area (Å²) < 4.78 is 0. The molecule has 0 heterocycles. The first-order chi connectivity index (χ1) is 12.3. The summed E-state index contributed by atoms with van der Waals surface area (Å²) >= 11 is 0. The highest BCUT2D eigenvalue weighted by Gasteiger charge is 2.12. The molecule has 0 aliphatic carbocycles. The van der Waals surface area contributed by atoms with Gasteiger partial charge in [0.25, 0.3) is 0 Å².